The van der Waals surface area contributed by atoms with Gasteiger partial charge in [-0.15, -0.1) is 5.10 Å². The summed E-state index contributed by atoms with van der Waals surface area (Å²) in [6, 6.07) is 3.27. The van der Waals surface area contributed by atoms with E-state index in [1.54, 1.807) is 12.1 Å². The summed E-state index contributed by atoms with van der Waals surface area (Å²) in [5.41, 5.74) is 6.91. The molecule has 1 amide bonds. The third kappa shape index (κ3) is 2.76. The molecule has 0 saturated heterocycles. The van der Waals surface area contributed by atoms with Crippen molar-refractivity contribution in [3.8, 4) is 0 Å². The third-order valence-electron chi connectivity index (χ3n) is 2.12. The van der Waals surface area contributed by atoms with E-state index in [0.717, 1.165) is 23.6 Å². The number of aromatic nitrogens is 3. The SMILES string of the molecule is CCc1cc(C(=O)Nc2cnns2)cc(N)n1. The van der Waals surface area contributed by atoms with Gasteiger partial charge in [-0.05, 0) is 18.6 Å². The molecule has 3 N–H and O–H groups in total. The molecule has 0 radical (unpaired) electrons. The van der Waals surface area contributed by atoms with Crippen LogP contribution in [0.4, 0.5) is 10.8 Å². The number of hydrogen-bond acceptors (Lipinski definition) is 6. The second kappa shape index (κ2) is 4.88. The molecular weight excluding hydrogens is 238 g/mol. The lowest BCUT2D eigenvalue weighted by atomic mass is 10.2. The summed E-state index contributed by atoms with van der Waals surface area (Å²) in [6.45, 7) is 1.95. The molecular formula is C10H11N5OS. The van der Waals surface area contributed by atoms with Crippen molar-refractivity contribution in [3.05, 3.63) is 29.6 Å². The number of anilines is 2. The highest BCUT2D eigenvalue weighted by Crippen LogP contribution is 2.13. The van der Waals surface area contributed by atoms with Crippen LogP contribution in [0.15, 0.2) is 18.3 Å². The summed E-state index contributed by atoms with van der Waals surface area (Å²) < 4.78 is 3.66. The number of aryl methyl sites for hydroxylation is 1. The fraction of sp³-hybridized carbons (Fsp3) is 0.200. The number of carbonyl (C=O) groups excluding carboxylic acids is 1. The number of nitrogens with one attached hydrogen (secondary N) is 1. The van der Waals surface area contributed by atoms with Crippen LogP contribution in [-0.2, 0) is 6.42 Å². The Morgan fingerprint density at radius 1 is 1.53 bits per heavy atom. The van der Waals surface area contributed by atoms with E-state index in [2.05, 4.69) is 19.9 Å². The van der Waals surface area contributed by atoms with Gasteiger partial charge in [0.05, 0.1) is 6.20 Å². The average Bonchev–Trinajstić information content (AvgIpc) is 2.81. The van der Waals surface area contributed by atoms with Gasteiger partial charge in [-0.2, -0.15) is 0 Å². The van der Waals surface area contributed by atoms with Crippen molar-refractivity contribution in [2.75, 3.05) is 11.1 Å². The number of carbonyl (C=O) groups is 1. The molecule has 0 spiro atoms. The minimum Gasteiger partial charge on any atom is -0.384 e. The molecule has 0 aromatic carbocycles. The molecule has 0 fully saturated rings. The molecule has 0 aliphatic heterocycles. The second-order valence-electron chi connectivity index (χ2n) is 3.36. The van der Waals surface area contributed by atoms with Crippen LogP contribution in [0.3, 0.4) is 0 Å². The zero-order chi connectivity index (χ0) is 12.3. The van der Waals surface area contributed by atoms with Gasteiger partial charge < -0.3 is 11.1 Å². The second-order valence-corrected chi connectivity index (χ2v) is 4.15. The summed E-state index contributed by atoms with van der Waals surface area (Å²) in [7, 11) is 0. The smallest absolute Gasteiger partial charge is 0.256 e. The third-order valence-corrected chi connectivity index (χ3v) is 2.70. The van der Waals surface area contributed by atoms with Crippen molar-refractivity contribution >= 4 is 28.3 Å². The Bertz CT molecular complexity index is 525. The molecule has 7 heteroatoms. The molecule has 2 rings (SSSR count). The Labute approximate surface area is 102 Å². The average molecular weight is 249 g/mol. The van der Waals surface area contributed by atoms with E-state index in [4.69, 9.17) is 5.73 Å². The molecule has 0 aliphatic carbocycles. The summed E-state index contributed by atoms with van der Waals surface area (Å²) in [4.78, 5) is 16.0. The minimum atomic E-state index is -0.236. The molecule has 88 valence electrons. The molecule has 0 bridgehead atoms. The predicted molar refractivity (Wildman–Crippen MR) is 65.9 cm³/mol. The number of nitrogen functional groups attached to an aromatic ring is 1. The van der Waals surface area contributed by atoms with Crippen LogP contribution >= 0.6 is 11.5 Å². The number of pyridine rings is 1. The molecule has 2 aromatic rings. The molecule has 2 heterocycles. The zero-order valence-electron chi connectivity index (χ0n) is 9.17. The number of nitrogens with two attached hydrogens (primary N) is 1. The van der Waals surface area contributed by atoms with E-state index in [-0.39, 0.29) is 5.91 Å². The maximum Gasteiger partial charge on any atom is 0.256 e. The standard InChI is InChI=1S/C10H11N5OS/c1-2-7-3-6(4-8(11)13-7)10(16)14-9-5-12-15-17-9/h3-5H,2H2,1H3,(H2,11,13)(H,14,16). The Kier molecular flexibility index (Phi) is 3.29. The Morgan fingerprint density at radius 2 is 2.35 bits per heavy atom. The maximum absolute atomic E-state index is 11.9. The monoisotopic (exact) mass is 249 g/mol. The van der Waals surface area contributed by atoms with Crippen molar-refractivity contribution < 1.29 is 4.79 Å². The summed E-state index contributed by atoms with van der Waals surface area (Å²) in [5.74, 6) is 0.108. The van der Waals surface area contributed by atoms with Crippen molar-refractivity contribution in [2.24, 2.45) is 0 Å². The van der Waals surface area contributed by atoms with Gasteiger partial charge in [-0.1, -0.05) is 11.4 Å². The number of amides is 1. The van der Waals surface area contributed by atoms with E-state index < -0.39 is 0 Å². The maximum atomic E-state index is 11.9. The number of hydrogen-bond donors (Lipinski definition) is 2. The van der Waals surface area contributed by atoms with Gasteiger partial charge >= 0.3 is 0 Å². The van der Waals surface area contributed by atoms with Crippen LogP contribution in [0.2, 0.25) is 0 Å². The Balaban J connectivity index is 2.21. The highest BCUT2D eigenvalue weighted by Gasteiger charge is 2.09. The van der Waals surface area contributed by atoms with Gasteiger partial charge in [-0.3, -0.25) is 4.79 Å². The lowest BCUT2D eigenvalue weighted by molar-refractivity contribution is 0.102. The van der Waals surface area contributed by atoms with E-state index in [9.17, 15) is 4.79 Å². The van der Waals surface area contributed by atoms with Crippen molar-refractivity contribution in [1.82, 2.24) is 14.6 Å². The van der Waals surface area contributed by atoms with Crippen LogP contribution in [-0.4, -0.2) is 20.5 Å². The van der Waals surface area contributed by atoms with E-state index in [0.29, 0.717) is 16.4 Å². The van der Waals surface area contributed by atoms with Crippen LogP contribution in [0, 0.1) is 0 Å². The Hall–Kier alpha value is -2.02. The molecule has 6 nitrogen and oxygen atoms in total. The van der Waals surface area contributed by atoms with Crippen LogP contribution < -0.4 is 11.1 Å². The van der Waals surface area contributed by atoms with Gasteiger partial charge in [-0.25, -0.2) is 4.98 Å². The molecule has 0 aliphatic rings. The summed E-state index contributed by atoms with van der Waals surface area (Å²) in [5, 5.41) is 6.93. The zero-order valence-corrected chi connectivity index (χ0v) is 9.99. The molecule has 0 unspecified atom stereocenters. The van der Waals surface area contributed by atoms with E-state index in [1.807, 2.05) is 6.92 Å². The first-order valence-electron chi connectivity index (χ1n) is 5.04. The van der Waals surface area contributed by atoms with Crippen LogP contribution in [0.25, 0.3) is 0 Å². The lowest BCUT2D eigenvalue weighted by Gasteiger charge is -2.04. The fourth-order valence-corrected chi connectivity index (χ4v) is 1.74. The predicted octanol–water partition coefficient (Wildman–Crippen LogP) is 1.33. The molecule has 0 atom stereocenters. The summed E-state index contributed by atoms with van der Waals surface area (Å²) >= 11 is 1.12. The van der Waals surface area contributed by atoms with Crippen molar-refractivity contribution in [2.45, 2.75) is 13.3 Å². The first-order chi connectivity index (χ1) is 8.19. The highest BCUT2D eigenvalue weighted by molar-refractivity contribution is 7.10. The number of rotatable bonds is 3. The first kappa shape index (κ1) is 11.5. The number of nitrogens with zero attached hydrogens (tertiary/aromatic N) is 3. The highest BCUT2D eigenvalue weighted by atomic mass is 32.1. The molecule has 17 heavy (non-hydrogen) atoms. The lowest BCUT2D eigenvalue weighted by Crippen LogP contribution is -2.12. The first-order valence-corrected chi connectivity index (χ1v) is 5.81. The van der Waals surface area contributed by atoms with E-state index >= 15 is 0 Å². The largest absolute Gasteiger partial charge is 0.384 e. The fourth-order valence-electron chi connectivity index (χ4n) is 1.33. The van der Waals surface area contributed by atoms with Gasteiger partial charge in [0.25, 0.3) is 5.91 Å². The van der Waals surface area contributed by atoms with Crippen LogP contribution in [0.5, 0.6) is 0 Å². The van der Waals surface area contributed by atoms with Gasteiger partial charge in [0.15, 0.2) is 0 Å². The summed E-state index contributed by atoms with van der Waals surface area (Å²) in [6.07, 6.45) is 2.22. The van der Waals surface area contributed by atoms with Crippen molar-refractivity contribution in [1.29, 1.82) is 0 Å². The van der Waals surface area contributed by atoms with Crippen LogP contribution in [0.1, 0.15) is 23.0 Å². The minimum absolute atomic E-state index is 0.236. The van der Waals surface area contributed by atoms with E-state index in [1.165, 1.54) is 6.20 Å². The molecule has 0 saturated carbocycles. The topological polar surface area (TPSA) is 93.8 Å². The normalized spacial score (nSPS) is 10.2. The quantitative estimate of drug-likeness (QED) is 0.855. The van der Waals surface area contributed by atoms with Gasteiger partial charge in [0.2, 0.25) is 0 Å². The van der Waals surface area contributed by atoms with Gasteiger partial charge in [0.1, 0.15) is 10.8 Å². The Morgan fingerprint density at radius 3 is 3.00 bits per heavy atom. The molecule has 2 aromatic heterocycles. The van der Waals surface area contributed by atoms with Crippen molar-refractivity contribution in [3.63, 3.8) is 0 Å². The van der Waals surface area contributed by atoms with Gasteiger partial charge in [0, 0.05) is 22.8 Å².